The Bertz CT molecular complexity index is 711. The molecule has 21 heavy (non-hydrogen) atoms. The summed E-state index contributed by atoms with van der Waals surface area (Å²) in [5.41, 5.74) is 0.673. The van der Waals surface area contributed by atoms with Crippen molar-refractivity contribution in [1.29, 1.82) is 0 Å². The van der Waals surface area contributed by atoms with Crippen molar-refractivity contribution in [2.45, 2.75) is 11.8 Å². The minimum atomic E-state index is 0.0247. The van der Waals surface area contributed by atoms with Gasteiger partial charge in [-0.05, 0) is 0 Å². The molecule has 8 heteroatoms. The second-order valence-electron chi connectivity index (χ2n) is 4.13. The van der Waals surface area contributed by atoms with Gasteiger partial charge in [0.15, 0.2) is 5.78 Å². The van der Waals surface area contributed by atoms with Crippen LogP contribution in [0.2, 0.25) is 0 Å². The average molecular weight is 301 g/mol. The first-order valence-electron chi connectivity index (χ1n) is 6.17. The molecule has 2 aromatic heterocycles. The van der Waals surface area contributed by atoms with Gasteiger partial charge in [-0.25, -0.2) is 9.67 Å². The first kappa shape index (κ1) is 13.5. The van der Waals surface area contributed by atoms with Gasteiger partial charge in [0.2, 0.25) is 5.89 Å². The molecule has 0 atom stereocenters. The summed E-state index contributed by atoms with van der Waals surface area (Å²) in [6.07, 6.45) is 3.00. The van der Waals surface area contributed by atoms with Crippen LogP contribution in [0, 0.1) is 0 Å². The van der Waals surface area contributed by atoms with Gasteiger partial charge in [-0.1, -0.05) is 42.1 Å². The monoisotopic (exact) mass is 301 g/mol. The number of carbonyl (C=O) groups is 1. The second-order valence-corrected chi connectivity index (χ2v) is 5.06. The third kappa shape index (κ3) is 3.54. The van der Waals surface area contributed by atoms with E-state index in [0.717, 1.165) is 0 Å². The van der Waals surface area contributed by atoms with E-state index in [0.29, 0.717) is 23.2 Å². The first-order valence-corrected chi connectivity index (χ1v) is 7.15. The Morgan fingerprint density at radius 2 is 2.10 bits per heavy atom. The number of nitrogens with zero attached hydrogens (tertiary/aromatic N) is 5. The fraction of sp³-hybridized carbons (Fsp3) is 0.154. The lowest BCUT2D eigenvalue weighted by Gasteiger charge is -1.97. The van der Waals surface area contributed by atoms with E-state index in [1.165, 1.54) is 18.1 Å². The van der Waals surface area contributed by atoms with Crippen LogP contribution in [0.4, 0.5) is 0 Å². The van der Waals surface area contributed by atoms with Gasteiger partial charge in [0, 0.05) is 5.56 Å². The van der Waals surface area contributed by atoms with Gasteiger partial charge >= 0.3 is 0 Å². The Balaban J connectivity index is 1.56. The number of hydrogen-bond donors (Lipinski definition) is 0. The number of rotatable bonds is 6. The van der Waals surface area contributed by atoms with E-state index in [1.807, 2.05) is 18.2 Å². The highest BCUT2D eigenvalue weighted by molar-refractivity contribution is 7.99. The molecule has 0 amide bonds. The van der Waals surface area contributed by atoms with Crippen molar-refractivity contribution in [3.8, 4) is 0 Å². The van der Waals surface area contributed by atoms with E-state index in [4.69, 9.17) is 4.42 Å². The number of benzene rings is 1. The second kappa shape index (κ2) is 6.31. The summed E-state index contributed by atoms with van der Waals surface area (Å²) in [5, 5.41) is 12.1. The molecular formula is C13H11N5O2S. The number of carbonyl (C=O) groups excluding carboxylic acids is 1. The Kier molecular flexibility index (Phi) is 4.06. The van der Waals surface area contributed by atoms with Gasteiger partial charge in [-0.15, -0.1) is 10.2 Å². The lowest BCUT2D eigenvalue weighted by atomic mass is 10.2. The minimum absolute atomic E-state index is 0.0247. The summed E-state index contributed by atoms with van der Waals surface area (Å²) in [4.78, 5) is 15.8. The van der Waals surface area contributed by atoms with Crippen LogP contribution in [0.3, 0.4) is 0 Å². The molecule has 2 heterocycles. The molecule has 0 saturated carbocycles. The SMILES string of the molecule is O=C(CSc1nnc(Cn2cncn2)o1)c1ccccc1. The van der Waals surface area contributed by atoms with Crippen molar-refractivity contribution in [3.05, 3.63) is 54.4 Å². The number of thioether (sulfide) groups is 1. The van der Waals surface area contributed by atoms with Gasteiger partial charge in [-0.3, -0.25) is 4.79 Å². The highest BCUT2D eigenvalue weighted by atomic mass is 32.2. The molecule has 0 bridgehead atoms. The van der Waals surface area contributed by atoms with E-state index in [9.17, 15) is 4.79 Å². The maximum atomic E-state index is 11.9. The standard InChI is InChI=1S/C13H11N5O2S/c19-11(10-4-2-1-3-5-10)7-21-13-17-16-12(20-13)6-18-9-14-8-15-18/h1-5,8-9H,6-7H2. The number of aromatic nitrogens is 5. The molecule has 106 valence electrons. The van der Waals surface area contributed by atoms with Crippen molar-refractivity contribution in [2.75, 3.05) is 5.75 Å². The molecule has 0 fully saturated rings. The summed E-state index contributed by atoms with van der Waals surface area (Å²) < 4.78 is 7.02. The van der Waals surface area contributed by atoms with E-state index >= 15 is 0 Å². The van der Waals surface area contributed by atoms with Gasteiger partial charge in [0.25, 0.3) is 5.22 Å². The fourth-order valence-electron chi connectivity index (χ4n) is 1.65. The molecule has 0 unspecified atom stereocenters. The molecule has 0 aliphatic carbocycles. The van der Waals surface area contributed by atoms with Gasteiger partial charge in [0.05, 0.1) is 5.75 Å². The molecule has 3 aromatic rings. The van der Waals surface area contributed by atoms with E-state index in [2.05, 4.69) is 20.3 Å². The lowest BCUT2D eigenvalue weighted by Crippen LogP contribution is -2.01. The topological polar surface area (TPSA) is 86.7 Å². The van der Waals surface area contributed by atoms with Crippen LogP contribution in [0.5, 0.6) is 0 Å². The maximum absolute atomic E-state index is 11.9. The largest absolute Gasteiger partial charge is 0.414 e. The Morgan fingerprint density at radius 1 is 1.24 bits per heavy atom. The first-order chi connectivity index (χ1) is 10.3. The number of hydrogen-bond acceptors (Lipinski definition) is 7. The third-order valence-electron chi connectivity index (χ3n) is 2.63. The van der Waals surface area contributed by atoms with Crippen LogP contribution in [-0.4, -0.2) is 36.5 Å². The summed E-state index contributed by atoms with van der Waals surface area (Å²) in [7, 11) is 0. The van der Waals surface area contributed by atoms with Gasteiger partial charge in [-0.2, -0.15) is 5.10 Å². The smallest absolute Gasteiger partial charge is 0.277 e. The maximum Gasteiger partial charge on any atom is 0.277 e. The zero-order chi connectivity index (χ0) is 14.5. The normalized spacial score (nSPS) is 10.7. The van der Waals surface area contributed by atoms with Crippen LogP contribution in [-0.2, 0) is 6.54 Å². The van der Waals surface area contributed by atoms with Crippen molar-refractivity contribution in [3.63, 3.8) is 0 Å². The van der Waals surface area contributed by atoms with Crippen LogP contribution >= 0.6 is 11.8 Å². The van der Waals surface area contributed by atoms with E-state index in [1.54, 1.807) is 23.1 Å². The molecular weight excluding hydrogens is 290 g/mol. The highest BCUT2D eigenvalue weighted by Crippen LogP contribution is 2.18. The fourth-order valence-corrected chi connectivity index (χ4v) is 2.32. The molecule has 7 nitrogen and oxygen atoms in total. The van der Waals surface area contributed by atoms with Crippen LogP contribution in [0.15, 0.2) is 52.6 Å². The summed E-state index contributed by atoms with van der Waals surface area (Å²) >= 11 is 1.22. The van der Waals surface area contributed by atoms with Gasteiger partial charge < -0.3 is 4.42 Å². The van der Waals surface area contributed by atoms with Crippen molar-refractivity contribution in [1.82, 2.24) is 25.0 Å². The predicted molar refractivity (Wildman–Crippen MR) is 74.9 cm³/mol. The lowest BCUT2D eigenvalue weighted by molar-refractivity contribution is 0.102. The summed E-state index contributed by atoms with van der Waals surface area (Å²) in [6, 6.07) is 9.11. The Labute approximate surface area is 124 Å². The minimum Gasteiger partial charge on any atom is -0.414 e. The van der Waals surface area contributed by atoms with E-state index in [-0.39, 0.29) is 11.5 Å². The van der Waals surface area contributed by atoms with E-state index < -0.39 is 0 Å². The van der Waals surface area contributed by atoms with Crippen LogP contribution in [0.25, 0.3) is 0 Å². The molecule has 0 spiro atoms. The molecule has 3 rings (SSSR count). The zero-order valence-electron chi connectivity index (χ0n) is 10.9. The zero-order valence-corrected chi connectivity index (χ0v) is 11.7. The van der Waals surface area contributed by atoms with Crippen LogP contribution < -0.4 is 0 Å². The number of Topliss-reactive ketones (excluding diaryl/α,β-unsaturated/α-hetero) is 1. The van der Waals surface area contributed by atoms with Crippen molar-refractivity contribution < 1.29 is 9.21 Å². The molecule has 0 radical (unpaired) electrons. The third-order valence-corrected chi connectivity index (χ3v) is 3.45. The summed E-state index contributed by atoms with van der Waals surface area (Å²) in [6.45, 7) is 0.361. The average Bonchev–Trinajstić information content (AvgIpc) is 3.18. The van der Waals surface area contributed by atoms with Gasteiger partial charge in [0.1, 0.15) is 19.2 Å². The van der Waals surface area contributed by atoms with Crippen molar-refractivity contribution >= 4 is 17.5 Å². The molecule has 0 aliphatic rings. The Hall–Kier alpha value is -2.48. The van der Waals surface area contributed by atoms with Crippen LogP contribution in [0.1, 0.15) is 16.2 Å². The molecule has 0 aliphatic heterocycles. The predicted octanol–water partition coefficient (Wildman–Crippen LogP) is 1.68. The highest BCUT2D eigenvalue weighted by Gasteiger charge is 2.11. The number of ketones is 1. The molecule has 1 aromatic carbocycles. The Morgan fingerprint density at radius 3 is 2.86 bits per heavy atom. The molecule has 0 saturated heterocycles. The molecule has 0 N–H and O–H groups in total. The van der Waals surface area contributed by atoms with Crippen molar-refractivity contribution in [2.24, 2.45) is 0 Å². The summed E-state index contributed by atoms with van der Waals surface area (Å²) in [5.74, 6) is 0.710. The quantitative estimate of drug-likeness (QED) is 0.505.